The lowest BCUT2D eigenvalue weighted by Gasteiger charge is -2.33. The Morgan fingerprint density at radius 2 is 2.05 bits per heavy atom. The Labute approximate surface area is 137 Å². The minimum Gasteiger partial charge on any atom is -0.361 e. The Hall–Kier alpha value is -0.760. The van der Waals surface area contributed by atoms with Crippen LogP contribution in [0.4, 0.5) is 0 Å². The van der Waals surface area contributed by atoms with E-state index in [-0.39, 0.29) is 24.2 Å². The van der Waals surface area contributed by atoms with E-state index in [1.165, 1.54) is 0 Å². The molecule has 0 aliphatic carbocycles. The number of rotatable bonds is 6. The van der Waals surface area contributed by atoms with Crippen LogP contribution in [0.2, 0.25) is 10.0 Å². The molecule has 3 nitrogen and oxygen atoms in total. The van der Waals surface area contributed by atoms with Crippen molar-refractivity contribution in [1.82, 2.24) is 5.43 Å². The van der Waals surface area contributed by atoms with Gasteiger partial charge in [-0.15, -0.1) is 6.42 Å². The summed E-state index contributed by atoms with van der Waals surface area (Å²) < 4.78 is 5.77. The average molecular weight is 329 g/mol. The number of hydrogen-bond acceptors (Lipinski definition) is 3. The van der Waals surface area contributed by atoms with Crippen LogP contribution in [0.15, 0.2) is 18.2 Å². The van der Waals surface area contributed by atoms with Crippen LogP contribution in [-0.2, 0) is 4.74 Å². The summed E-state index contributed by atoms with van der Waals surface area (Å²) in [7, 11) is 0. The third-order valence-corrected chi connectivity index (χ3v) is 3.94. The summed E-state index contributed by atoms with van der Waals surface area (Å²) >= 11 is 12.2. The van der Waals surface area contributed by atoms with Crippen molar-refractivity contribution in [2.45, 2.75) is 39.3 Å². The minimum absolute atomic E-state index is 0.0224. The molecule has 0 bridgehead atoms. The van der Waals surface area contributed by atoms with Crippen molar-refractivity contribution >= 4 is 23.2 Å². The second-order valence-corrected chi connectivity index (χ2v) is 6.83. The fraction of sp³-hybridized carbons (Fsp3) is 0.500. The second-order valence-electron chi connectivity index (χ2n) is 5.99. The average Bonchev–Trinajstić information content (AvgIpc) is 2.38. The molecule has 21 heavy (non-hydrogen) atoms. The van der Waals surface area contributed by atoms with Gasteiger partial charge in [0, 0.05) is 16.1 Å². The summed E-state index contributed by atoms with van der Waals surface area (Å²) in [6.45, 7) is 6.54. The molecule has 0 heterocycles. The number of halogens is 2. The van der Waals surface area contributed by atoms with Gasteiger partial charge in [0.2, 0.25) is 0 Å². The maximum Gasteiger partial charge on any atom is 0.108 e. The van der Waals surface area contributed by atoms with Gasteiger partial charge in [-0.25, -0.2) is 0 Å². The highest BCUT2D eigenvalue weighted by molar-refractivity contribution is 6.35. The SMILES string of the molecule is C#CCOC(CC(NN)C(C)(C)C)c1ccc(Cl)cc1Cl. The van der Waals surface area contributed by atoms with Gasteiger partial charge in [0.15, 0.2) is 0 Å². The molecule has 0 saturated heterocycles. The Balaban J connectivity index is 3.02. The fourth-order valence-electron chi connectivity index (χ4n) is 2.08. The molecule has 0 fully saturated rings. The molecule has 2 atom stereocenters. The standard InChI is InChI=1S/C16H22Cl2N2O/c1-5-8-21-14(10-15(20-19)16(2,3)4)12-7-6-11(17)9-13(12)18/h1,6-7,9,14-15,20H,8,10,19H2,2-4H3. The first kappa shape index (κ1) is 18.3. The maximum atomic E-state index is 6.28. The summed E-state index contributed by atoms with van der Waals surface area (Å²) in [4.78, 5) is 0. The van der Waals surface area contributed by atoms with E-state index in [0.29, 0.717) is 16.5 Å². The zero-order valence-electron chi connectivity index (χ0n) is 12.6. The van der Waals surface area contributed by atoms with Crippen molar-refractivity contribution in [2.24, 2.45) is 11.3 Å². The molecular weight excluding hydrogens is 307 g/mol. The van der Waals surface area contributed by atoms with Gasteiger partial charge in [0.05, 0.1) is 6.10 Å². The minimum atomic E-state index is -0.244. The molecule has 0 aromatic heterocycles. The van der Waals surface area contributed by atoms with Gasteiger partial charge in [-0.2, -0.15) is 0 Å². The smallest absolute Gasteiger partial charge is 0.108 e. The third-order valence-electron chi connectivity index (χ3n) is 3.37. The van der Waals surface area contributed by atoms with Gasteiger partial charge in [-0.05, 0) is 29.5 Å². The van der Waals surface area contributed by atoms with E-state index >= 15 is 0 Å². The lowest BCUT2D eigenvalue weighted by molar-refractivity contribution is 0.0486. The number of nitrogens with two attached hydrogens (primary N) is 1. The van der Waals surface area contributed by atoms with E-state index in [4.69, 9.17) is 40.2 Å². The highest BCUT2D eigenvalue weighted by atomic mass is 35.5. The number of ether oxygens (including phenoxy) is 1. The second kappa shape index (κ2) is 8.03. The van der Waals surface area contributed by atoms with Crippen molar-refractivity contribution in [3.05, 3.63) is 33.8 Å². The van der Waals surface area contributed by atoms with E-state index in [0.717, 1.165) is 5.56 Å². The van der Waals surface area contributed by atoms with E-state index < -0.39 is 0 Å². The molecule has 116 valence electrons. The Morgan fingerprint density at radius 3 is 2.52 bits per heavy atom. The van der Waals surface area contributed by atoms with Gasteiger partial charge in [-0.1, -0.05) is 56.0 Å². The van der Waals surface area contributed by atoms with Crippen molar-refractivity contribution in [1.29, 1.82) is 0 Å². The summed E-state index contributed by atoms with van der Waals surface area (Å²) in [6.07, 6.45) is 5.71. The largest absolute Gasteiger partial charge is 0.361 e. The molecule has 0 aliphatic heterocycles. The fourth-order valence-corrected chi connectivity index (χ4v) is 2.61. The van der Waals surface area contributed by atoms with E-state index in [2.05, 4.69) is 32.1 Å². The predicted octanol–water partition coefficient (Wildman–Crippen LogP) is 3.95. The topological polar surface area (TPSA) is 47.3 Å². The van der Waals surface area contributed by atoms with Crippen molar-refractivity contribution in [3.8, 4) is 12.3 Å². The van der Waals surface area contributed by atoms with Crippen LogP contribution in [0, 0.1) is 17.8 Å². The highest BCUT2D eigenvalue weighted by Crippen LogP contribution is 2.34. The first-order chi connectivity index (χ1) is 9.79. The monoisotopic (exact) mass is 328 g/mol. The van der Waals surface area contributed by atoms with Crippen LogP contribution >= 0.6 is 23.2 Å². The number of benzene rings is 1. The van der Waals surface area contributed by atoms with Gasteiger partial charge in [0.1, 0.15) is 6.61 Å². The molecule has 1 rings (SSSR count). The predicted molar refractivity (Wildman–Crippen MR) is 89.2 cm³/mol. The molecule has 0 aliphatic rings. The molecule has 0 saturated carbocycles. The Bertz CT molecular complexity index is 506. The Kier molecular flexibility index (Phi) is 6.99. The van der Waals surface area contributed by atoms with Gasteiger partial charge in [0.25, 0.3) is 0 Å². The molecule has 0 spiro atoms. The number of hydrazine groups is 1. The van der Waals surface area contributed by atoms with Crippen LogP contribution in [-0.4, -0.2) is 12.6 Å². The van der Waals surface area contributed by atoms with Crippen molar-refractivity contribution in [2.75, 3.05) is 6.61 Å². The van der Waals surface area contributed by atoms with E-state index in [1.54, 1.807) is 12.1 Å². The van der Waals surface area contributed by atoms with Gasteiger partial charge >= 0.3 is 0 Å². The van der Waals surface area contributed by atoms with Gasteiger partial charge < -0.3 is 4.74 Å². The molecule has 3 N–H and O–H groups in total. The molecule has 0 amide bonds. The third kappa shape index (κ3) is 5.50. The van der Waals surface area contributed by atoms with Crippen LogP contribution < -0.4 is 11.3 Å². The van der Waals surface area contributed by atoms with E-state index in [1.807, 2.05) is 6.07 Å². The van der Waals surface area contributed by atoms with Crippen molar-refractivity contribution < 1.29 is 4.74 Å². The number of terminal acetylenes is 1. The normalized spacial score (nSPS) is 14.5. The molecule has 1 aromatic carbocycles. The number of nitrogens with one attached hydrogen (secondary N) is 1. The molecule has 5 heteroatoms. The first-order valence-electron chi connectivity index (χ1n) is 6.75. The Morgan fingerprint density at radius 1 is 1.38 bits per heavy atom. The highest BCUT2D eigenvalue weighted by Gasteiger charge is 2.28. The van der Waals surface area contributed by atoms with Crippen LogP contribution in [0.3, 0.4) is 0 Å². The van der Waals surface area contributed by atoms with Crippen LogP contribution in [0.5, 0.6) is 0 Å². The molecule has 2 unspecified atom stereocenters. The first-order valence-corrected chi connectivity index (χ1v) is 7.51. The van der Waals surface area contributed by atoms with E-state index in [9.17, 15) is 0 Å². The van der Waals surface area contributed by atoms with Gasteiger partial charge in [-0.3, -0.25) is 11.3 Å². The zero-order chi connectivity index (χ0) is 16.0. The molecule has 0 radical (unpaired) electrons. The molecule has 1 aromatic rings. The van der Waals surface area contributed by atoms with Crippen LogP contribution in [0.1, 0.15) is 38.9 Å². The maximum absolute atomic E-state index is 6.28. The lowest BCUT2D eigenvalue weighted by Crippen LogP contribution is -2.45. The quantitative estimate of drug-likeness (QED) is 0.472. The van der Waals surface area contributed by atoms with Crippen LogP contribution in [0.25, 0.3) is 0 Å². The summed E-state index contributed by atoms with van der Waals surface area (Å²) in [5.74, 6) is 8.16. The van der Waals surface area contributed by atoms with Crippen molar-refractivity contribution in [3.63, 3.8) is 0 Å². The number of hydrogen-bond donors (Lipinski definition) is 2. The summed E-state index contributed by atoms with van der Waals surface area (Å²) in [5.41, 5.74) is 3.69. The summed E-state index contributed by atoms with van der Waals surface area (Å²) in [6, 6.07) is 5.40. The zero-order valence-corrected chi connectivity index (χ0v) is 14.1. The molecular formula is C16H22Cl2N2O. The summed E-state index contributed by atoms with van der Waals surface area (Å²) in [5, 5.41) is 1.15. The lowest BCUT2D eigenvalue weighted by atomic mass is 9.83.